The number of hydrogen-bond acceptors (Lipinski definition) is 38. The molecule has 0 radical (unpaired) electrons. The summed E-state index contributed by atoms with van der Waals surface area (Å²) in [6, 6.07) is 47.1. The van der Waals surface area contributed by atoms with E-state index in [2.05, 4.69) is 20.5 Å². The number of hydroxylamine groups is 2. The summed E-state index contributed by atoms with van der Waals surface area (Å²) in [4.78, 5) is 152. The van der Waals surface area contributed by atoms with Gasteiger partial charge < -0.3 is 97.7 Å². The number of nitrogens with zero attached hydrogens (tertiary/aromatic N) is 6. The summed E-state index contributed by atoms with van der Waals surface area (Å²) in [6.45, 7) is -1.91. The highest BCUT2D eigenvalue weighted by Gasteiger charge is 2.49. The van der Waals surface area contributed by atoms with E-state index in [0.29, 0.717) is 47.3 Å². The van der Waals surface area contributed by atoms with Gasteiger partial charge >= 0.3 is 59.7 Å². The zero-order chi connectivity index (χ0) is 98.9. The minimum atomic E-state index is -2.38. The number of benzene rings is 8. The Kier molecular flexibility index (Phi) is 39.6. The van der Waals surface area contributed by atoms with E-state index in [9.17, 15) is 79.2 Å². The highest BCUT2D eigenvalue weighted by atomic mass is 16.7. The molecular weight excluding hydrogens is 1760 g/mol. The molecule has 0 aromatic heterocycles. The summed E-state index contributed by atoms with van der Waals surface area (Å²) in [6.07, 6.45) is 0. The number of rotatable bonds is 54. The SMILES string of the molecule is CCN(OCCOC(=O)[C@@H](C)c1ccc2cc(OC)ccc2c1)c1ccc(N=Nc2ccc(C(=O)OCC(COC(=O)c3ccc(N=Nc4ccc(N(CC)OCCOC(=O)[C@@H](C)c5ccc6cc(OC)ccc6c5)cc4)cc3)(COC(=O)C(C)(COC(=O)C(C)(CO)CO)COC(=O)C(C)(CO)CO)COC(=O)C(C)(COC(=O)C(C)(CO)CO)COC(=O)C(C)(CO)CO)cc2)cc1. The lowest BCUT2D eigenvalue weighted by Gasteiger charge is -2.35. The molecule has 8 aromatic rings. The monoisotopic (exact) mass is 1880 g/mol. The molecule has 728 valence electrons. The molecule has 135 heavy (non-hydrogen) atoms. The number of carbonyl (C=O) groups excluding carboxylic acids is 10. The first kappa shape index (κ1) is 107. The molecule has 0 fully saturated rings. The number of esters is 10. The first-order valence-electron chi connectivity index (χ1n) is 43.2. The third-order valence-corrected chi connectivity index (χ3v) is 22.5. The van der Waals surface area contributed by atoms with Crippen molar-refractivity contribution in [1.82, 2.24) is 0 Å². The van der Waals surface area contributed by atoms with Crippen molar-refractivity contribution in [2.24, 2.45) is 58.4 Å². The quantitative estimate of drug-likeness (QED) is 0.00577. The molecule has 8 N–H and O–H groups in total. The van der Waals surface area contributed by atoms with Crippen LogP contribution in [-0.4, -0.2) is 260 Å². The van der Waals surface area contributed by atoms with E-state index in [1.165, 1.54) is 48.5 Å². The van der Waals surface area contributed by atoms with Crippen LogP contribution in [0.15, 0.2) is 190 Å². The van der Waals surface area contributed by atoms with Gasteiger partial charge in [0.25, 0.3) is 0 Å². The first-order chi connectivity index (χ1) is 64.4. The number of azo groups is 2. The molecule has 8 aromatic carbocycles. The summed E-state index contributed by atoms with van der Waals surface area (Å²) >= 11 is 0. The molecule has 38 nitrogen and oxygen atoms in total. The molecule has 0 heterocycles. The van der Waals surface area contributed by atoms with Crippen LogP contribution in [0.25, 0.3) is 21.5 Å². The Labute approximate surface area is 779 Å². The fourth-order valence-corrected chi connectivity index (χ4v) is 12.3. The van der Waals surface area contributed by atoms with E-state index in [-0.39, 0.29) is 48.9 Å². The third-order valence-electron chi connectivity index (χ3n) is 22.5. The Morgan fingerprint density at radius 2 is 0.556 bits per heavy atom. The van der Waals surface area contributed by atoms with E-state index in [1.54, 1.807) is 86.7 Å². The highest BCUT2D eigenvalue weighted by Crippen LogP contribution is 2.36. The predicted octanol–water partition coefficient (Wildman–Crippen LogP) is 10.3. The normalized spacial score (nSPS) is 12.6. The van der Waals surface area contributed by atoms with Crippen LogP contribution in [0.3, 0.4) is 0 Å². The minimum Gasteiger partial charge on any atom is -0.497 e. The smallest absolute Gasteiger partial charge is 0.338 e. The minimum absolute atomic E-state index is 0.0349. The molecule has 8 rings (SSSR count). The summed E-state index contributed by atoms with van der Waals surface area (Å²) in [7, 11) is 3.18. The van der Waals surface area contributed by atoms with E-state index >= 15 is 9.59 Å². The van der Waals surface area contributed by atoms with Gasteiger partial charge in [0.2, 0.25) is 0 Å². The van der Waals surface area contributed by atoms with Crippen LogP contribution in [0.4, 0.5) is 34.1 Å². The van der Waals surface area contributed by atoms with Crippen molar-refractivity contribution >= 4 is 115 Å². The molecule has 0 spiro atoms. The zero-order valence-corrected chi connectivity index (χ0v) is 77.4. The predicted molar refractivity (Wildman–Crippen MR) is 486 cm³/mol. The van der Waals surface area contributed by atoms with Crippen LogP contribution in [0.1, 0.15) is 113 Å². The van der Waals surface area contributed by atoms with Crippen LogP contribution in [-0.2, 0) is 95.4 Å². The summed E-state index contributed by atoms with van der Waals surface area (Å²) in [5.74, 6) is -10.8. The molecule has 38 heteroatoms. The van der Waals surface area contributed by atoms with Crippen LogP contribution < -0.4 is 19.6 Å². The largest absolute Gasteiger partial charge is 0.497 e. The van der Waals surface area contributed by atoms with Crippen LogP contribution >= 0.6 is 0 Å². The van der Waals surface area contributed by atoms with E-state index in [1.807, 2.05) is 86.6 Å². The Balaban J connectivity index is 1.05. The second kappa shape index (κ2) is 49.8. The van der Waals surface area contributed by atoms with Gasteiger partial charge in [-0.3, -0.25) is 58.2 Å². The third kappa shape index (κ3) is 29.0. The fourth-order valence-electron chi connectivity index (χ4n) is 12.3. The number of ether oxygens (including phenoxy) is 12. The molecule has 0 aliphatic carbocycles. The highest BCUT2D eigenvalue weighted by molar-refractivity contribution is 5.92. The van der Waals surface area contributed by atoms with Gasteiger partial charge in [0.1, 0.15) is 129 Å². The van der Waals surface area contributed by atoms with Crippen molar-refractivity contribution in [1.29, 1.82) is 0 Å². The number of aliphatic hydroxyl groups excluding tert-OH is 8. The Hall–Kier alpha value is -13.0. The number of anilines is 2. The molecule has 0 aliphatic rings. The van der Waals surface area contributed by atoms with Crippen molar-refractivity contribution in [2.45, 2.75) is 81.1 Å². The maximum Gasteiger partial charge on any atom is 0.338 e. The van der Waals surface area contributed by atoms with Crippen LogP contribution in [0.2, 0.25) is 0 Å². The van der Waals surface area contributed by atoms with Crippen molar-refractivity contribution in [2.75, 3.05) is 170 Å². The molecule has 0 unspecified atom stereocenters. The van der Waals surface area contributed by atoms with Gasteiger partial charge in [0, 0.05) is 13.1 Å². The zero-order valence-electron chi connectivity index (χ0n) is 77.4. The van der Waals surface area contributed by atoms with Crippen molar-refractivity contribution in [3.63, 3.8) is 0 Å². The lowest BCUT2D eigenvalue weighted by atomic mass is 9.89. The average Bonchev–Trinajstić information content (AvgIpc) is 0.810. The Morgan fingerprint density at radius 3 is 0.830 bits per heavy atom. The first-order valence-corrected chi connectivity index (χ1v) is 43.2. The van der Waals surface area contributed by atoms with E-state index < -0.39 is 215 Å². The summed E-state index contributed by atoms with van der Waals surface area (Å²) in [5.41, 5.74) is -11.3. The second-order valence-electron chi connectivity index (χ2n) is 34.0. The van der Waals surface area contributed by atoms with Gasteiger partial charge in [-0.25, -0.2) is 9.59 Å². The van der Waals surface area contributed by atoms with Gasteiger partial charge in [0.15, 0.2) is 0 Å². The van der Waals surface area contributed by atoms with Crippen LogP contribution in [0.5, 0.6) is 11.5 Å². The molecule has 2 atom stereocenters. The summed E-state index contributed by atoms with van der Waals surface area (Å²) < 4.78 is 67.6. The number of fused-ring (bicyclic) bond motifs is 2. The molecule has 0 bridgehead atoms. The standard InChI is InChI=1S/C97H118N6O32/c1-13-102(134-41-39-124-81(112)63(3)67-15-17-71-45-79(122-11)37-23-69(71)43-67)77-33-29-75(30-34-77)100-98-73-25-19-65(20-26-73)83(114)126-59-97(61-132-89(120)95(9,55-128-85(116)91(5,47-104)48-105)56-129-86(117)92(6,49-106)50-107,62-133-90(121)96(10,57-130-87(118)93(7,51-108)52-109)58-131-88(119)94(8,53-110)54-111)60-127-84(115)66-21-27-74(28-22-66)99-101-76-31-35-78(36-32-76)103(14-2)135-42-40-125-82(113)64(4)68-16-18-72-46-80(123-12)38-24-70(72)44-68/h15-38,43-46,63-64,104-111H,13-14,39-42,47-62H2,1-12H3/t63-,64-/m0/s1. The van der Waals surface area contributed by atoms with Gasteiger partial charge in [-0.2, -0.15) is 20.5 Å². The van der Waals surface area contributed by atoms with Gasteiger partial charge in [0.05, 0.1) is 124 Å². The van der Waals surface area contributed by atoms with Crippen LogP contribution in [0, 0.1) is 37.9 Å². The van der Waals surface area contributed by atoms with E-state index in [0.717, 1.165) is 74.2 Å². The van der Waals surface area contributed by atoms with Gasteiger partial charge in [-0.05, 0) is 223 Å². The number of hydrogen-bond donors (Lipinski definition) is 8. The maximum atomic E-state index is 15.1. The van der Waals surface area contributed by atoms with Crippen molar-refractivity contribution in [3.8, 4) is 11.5 Å². The van der Waals surface area contributed by atoms with Crippen molar-refractivity contribution < 1.29 is 155 Å². The lowest BCUT2D eigenvalue weighted by molar-refractivity contribution is -0.185. The molecule has 0 saturated carbocycles. The summed E-state index contributed by atoms with van der Waals surface area (Å²) in [5, 5.41) is 105. The van der Waals surface area contributed by atoms with Gasteiger partial charge in [-0.15, -0.1) is 0 Å². The number of carbonyl (C=O) groups is 10. The average molecular weight is 1880 g/mol. The maximum absolute atomic E-state index is 15.1. The molecule has 0 aliphatic heterocycles. The molecule has 0 saturated heterocycles. The lowest BCUT2D eigenvalue weighted by Crippen LogP contribution is -2.49. The van der Waals surface area contributed by atoms with E-state index in [4.69, 9.17) is 66.5 Å². The van der Waals surface area contributed by atoms with Gasteiger partial charge in [-0.1, -0.05) is 48.5 Å². The number of methoxy groups -OCH3 is 2. The Morgan fingerprint density at radius 1 is 0.304 bits per heavy atom. The second-order valence-corrected chi connectivity index (χ2v) is 34.0. The Bertz CT molecular complexity index is 4990. The fraction of sp³-hybridized carbons (Fsp3) is 0.443. The number of aliphatic hydroxyl groups is 8. The molecular formula is C97H118N6O32. The van der Waals surface area contributed by atoms with Crippen molar-refractivity contribution in [3.05, 3.63) is 192 Å². The molecule has 0 amide bonds. The topological polar surface area (TPSA) is 518 Å².